The van der Waals surface area contributed by atoms with E-state index >= 15 is 0 Å². The fourth-order valence-corrected chi connectivity index (χ4v) is 3.30. The van der Waals surface area contributed by atoms with Gasteiger partial charge in [-0.15, -0.1) is 0 Å². The highest BCUT2D eigenvalue weighted by Crippen LogP contribution is 2.18. The first-order valence-electron chi connectivity index (χ1n) is 9.05. The molecule has 1 aliphatic rings. The van der Waals surface area contributed by atoms with Crippen LogP contribution in [0.2, 0.25) is 0 Å². The van der Waals surface area contributed by atoms with E-state index in [-0.39, 0.29) is 24.9 Å². The molecular formula is C19H29N4O3+. The average Bonchev–Trinajstić information content (AvgIpc) is 2.58. The zero-order valence-corrected chi connectivity index (χ0v) is 15.8. The molecule has 0 bridgehead atoms. The van der Waals surface area contributed by atoms with Crippen molar-refractivity contribution in [2.24, 2.45) is 5.73 Å². The molecule has 0 aliphatic carbocycles. The van der Waals surface area contributed by atoms with Crippen LogP contribution in [0.1, 0.15) is 30.4 Å². The molecule has 2 atom stereocenters. The summed E-state index contributed by atoms with van der Waals surface area (Å²) in [4.78, 5) is 38.7. The van der Waals surface area contributed by atoms with E-state index < -0.39 is 11.9 Å². The topological polar surface area (TPSA) is 96.9 Å². The molecule has 1 heterocycles. The summed E-state index contributed by atoms with van der Waals surface area (Å²) in [5.74, 6) is -0.733. The predicted molar refractivity (Wildman–Crippen MR) is 99.7 cm³/mol. The molecule has 1 unspecified atom stereocenters. The zero-order chi connectivity index (χ0) is 19.3. The van der Waals surface area contributed by atoms with E-state index in [2.05, 4.69) is 5.32 Å². The molecule has 26 heavy (non-hydrogen) atoms. The molecule has 0 aromatic heterocycles. The standard InChI is InChI=1S/C19H28N4O3/c1-13-7-6-8-15(14(13)2)21-17(24)11-22(3)12-18(25)23-10-5-4-9-16(23)19(20)26/h6-8,16H,4-5,9-12H2,1-3H3,(H2,20,26)(H,21,24)/p+1/t16-/m0/s1. The number of nitrogens with zero attached hydrogens (tertiary/aromatic N) is 1. The number of likely N-dealkylation sites (tertiary alicyclic amines) is 1. The Balaban J connectivity index is 1.89. The molecule has 1 aliphatic heterocycles. The number of nitrogens with two attached hydrogens (primary N) is 1. The lowest BCUT2D eigenvalue weighted by molar-refractivity contribution is -0.862. The Bertz CT molecular complexity index is 689. The summed E-state index contributed by atoms with van der Waals surface area (Å²) in [6.07, 6.45) is 2.40. The van der Waals surface area contributed by atoms with Crippen LogP contribution in [0, 0.1) is 13.8 Å². The van der Waals surface area contributed by atoms with Gasteiger partial charge in [0.25, 0.3) is 11.8 Å². The van der Waals surface area contributed by atoms with Crippen molar-refractivity contribution in [2.45, 2.75) is 39.2 Å². The number of hydrogen-bond acceptors (Lipinski definition) is 3. The molecular weight excluding hydrogens is 332 g/mol. The van der Waals surface area contributed by atoms with Gasteiger partial charge in [0.1, 0.15) is 6.04 Å². The SMILES string of the molecule is Cc1cccc(NC(=O)C[NH+](C)CC(=O)N2CCCC[C@H]2C(N)=O)c1C. The molecule has 0 radical (unpaired) electrons. The van der Waals surface area contributed by atoms with E-state index in [9.17, 15) is 14.4 Å². The Hall–Kier alpha value is -2.41. The van der Waals surface area contributed by atoms with Crippen molar-refractivity contribution in [1.29, 1.82) is 0 Å². The number of primary amides is 1. The van der Waals surface area contributed by atoms with E-state index in [4.69, 9.17) is 5.73 Å². The predicted octanol–water partition coefficient (Wildman–Crippen LogP) is -0.377. The highest BCUT2D eigenvalue weighted by Gasteiger charge is 2.32. The maximum atomic E-state index is 12.5. The van der Waals surface area contributed by atoms with Crippen molar-refractivity contribution in [3.05, 3.63) is 29.3 Å². The second-order valence-electron chi connectivity index (χ2n) is 7.11. The first-order chi connectivity index (χ1) is 12.3. The van der Waals surface area contributed by atoms with Crippen LogP contribution in [0.4, 0.5) is 5.69 Å². The van der Waals surface area contributed by atoms with Crippen LogP contribution in [0.3, 0.4) is 0 Å². The number of likely N-dealkylation sites (N-methyl/N-ethyl adjacent to an activating group) is 1. The van der Waals surface area contributed by atoms with Crippen molar-refractivity contribution >= 4 is 23.4 Å². The van der Waals surface area contributed by atoms with Gasteiger partial charge in [-0.1, -0.05) is 12.1 Å². The van der Waals surface area contributed by atoms with Gasteiger partial charge in [-0.25, -0.2) is 0 Å². The number of quaternary nitrogens is 1. The van der Waals surface area contributed by atoms with Crippen LogP contribution in [-0.4, -0.2) is 55.3 Å². The highest BCUT2D eigenvalue weighted by molar-refractivity contribution is 5.92. The van der Waals surface area contributed by atoms with Gasteiger partial charge in [-0.05, 0) is 50.3 Å². The number of carbonyl (C=O) groups is 3. The minimum atomic E-state index is -0.521. The molecule has 1 saturated heterocycles. The minimum Gasteiger partial charge on any atom is -0.368 e. The normalized spacial score (nSPS) is 18.3. The lowest BCUT2D eigenvalue weighted by Gasteiger charge is -2.33. The van der Waals surface area contributed by atoms with Crippen molar-refractivity contribution in [1.82, 2.24) is 4.90 Å². The molecule has 1 aromatic rings. The third-order valence-corrected chi connectivity index (χ3v) is 4.95. The maximum Gasteiger partial charge on any atom is 0.279 e. The molecule has 3 amide bonds. The number of carbonyl (C=O) groups excluding carboxylic acids is 3. The summed E-state index contributed by atoms with van der Waals surface area (Å²) >= 11 is 0. The fraction of sp³-hybridized carbons (Fsp3) is 0.526. The van der Waals surface area contributed by atoms with Gasteiger partial charge in [-0.3, -0.25) is 14.4 Å². The van der Waals surface area contributed by atoms with Crippen molar-refractivity contribution in [3.63, 3.8) is 0 Å². The van der Waals surface area contributed by atoms with Crippen LogP contribution in [0.25, 0.3) is 0 Å². The highest BCUT2D eigenvalue weighted by atomic mass is 16.2. The molecule has 2 rings (SSSR count). The number of anilines is 1. The smallest absolute Gasteiger partial charge is 0.279 e. The van der Waals surface area contributed by atoms with Gasteiger partial charge in [0, 0.05) is 12.2 Å². The summed E-state index contributed by atoms with van der Waals surface area (Å²) < 4.78 is 0. The number of piperidine rings is 1. The summed E-state index contributed by atoms with van der Waals surface area (Å²) in [6, 6.07) is 5.24. The minimum absolute atomic E-state index is 0.134. The zero-order valence-electron chi connectivity index (χ0n) is 15.8. The second kappa shape index (κ2) is 8.80. The maximum absolute atomic E-state index is 12.5. The van der Waals surface area contributed by atoms with E-state index in [1.807, 2.05) is 32.0 Å². The van der Waals surface area contributed by atoms with Gasteiger partial charge in [-0.2, -0.15) is 0 Å². The van der Waals surface area contributed by atoms with Crippen LogP contribution >= 0.6 is 0 Å². The Labute approximate surface area is 154 Å². The lowest BCUT2D eigenvalue weighted by atomic mass is 10.0. The Morgan fingerprint density at radius 1 is 1.23 bits per heavy atom. The Morgan fingerprint density at radius 3 is 2.65 bits per heavy atom. The molecule has 1 aromatic carbocycles. The molecule has 0 saturated carbocycles. The first-order valence-corrected chi connectivity index (χ1v) is 9.05. The fourth-order valence-electron chi connectivity index (χ4n) is 3.30. The van der Waals surface area contributed by atoms with Crippen LogP contribution < -0.4 is 16.0 Å². The van der Waals surface area contributed by atoms with Gasteiger partial charge in [0.05, 0.1) is 7.05 Å². The summed E-state index contributed by atoms with van der Waals surface area (Å²) in [6.45, 7) is 4.84. The summed E-state index contributed by atoms with van der Waals surface area (Å²) in [5, 5.41) is 2.90. The summed E-state index contributed by atoms with van der Waals surface area (Å²) in [7, 11) is 1.80. The summed E-state index contributed by atoms with van der Waals surface area (Å²) in [5.41, 5.74) is 8.35. The number of aryl methyl sites for hydroxylation is 1. The first kappa shape index (κ1) is 19.9. The van der Waals surface area contributed by atoms with Gasteiger partial charge >= 0.3 is 0 Å². The Morgan fingerprint density at radius 2 is 1.96 bits per heavy atom. The van der Waals surface area contributed by atoms with Gasteiger partial charge < -0.3 is 20.9 Å². The van der Waals surface area contributed by atoms with Crippen LogP contribution in [0.5, 0.6) is 0 Å². The quantitative estimate of drug-likeness (QED) is 0.644. The number of benzene rings is 1. The second-order valence-corrected chi connectivity index (χ2v) is 7.11. The number of rotatable bonds is 6. The molecule has 7 heteroatoms. The van der Waals surface area contributed by atoms with E-state index in [0.717, 1.165) is 34.6 Å². The van der Waals surface area contributed by atoms with Crippen molar-refractivity contribution in [2.75, 3.05) is 32.0 Å². The molecule has 142 valence electrons. The monoisotopic (exact) mass is 361 g/mol. The van der Waals surface area contributed by atoms with Crippen LogP contribution in [0.15, 0.2) is 18.2 Å². The third-order valence-electron chi connectivity index (χ3n) is 4.95. The molecule has 1 fully saturated rings. The molecule has 7 nitrogen and oxygen atoms in total. The molecule has 0 spiro atoms. The lowest BCUT2D eigenvalue weighted by Crippen LogP contribution is -3.11. The number of amides is 3. The van der Waals surface area contributed by atoms with Crippen LogP contribution in [-0.2, 0) is 14.4 Å². The van der Waals surface area contributed by atoms with Crippen molar-refractivity contribution < 1.29 is 19.3 Å². The largest absolute Gasteiger partial charge is 0.368 e. The van der Waals surface area contributed by atoms with Gasteiger partial charge in [0.2, 0.25) is 5.91 Å². The number of nitrogens with one attached hydrogen (secondary N) is 2. The Kier molecular flexibility index (Phi) is 6.74. The van der Waals surface area contributed by atoms with Gasteiger partial charge in [0.15, 0.2) is 13.1 Å². The van der Waals surface area contributed by atoms with Crippen molar-refractivity contribution in [3.8, 4) is 0 Å². The number of hydrogen-bond donors (Lipinski definition) is 3. The van der Waals surface area contributed by atoms with E-state index in [1.54, 1.807) is 11.9 Å². The third kappa shape index (κ3) is 5.05. The van der Waals surface area contributed by atoms with E-state index in [1.165, 1.54) is 0 Å². The average molecular weight is 361 g/mol. The molecule has 4 N–H and O–H groups in total. The van der Waals surface area contributed by atoms with E-state index in [0.29, 0.717) is 13.0 Å².